The summed E-state index contributed by atoms with van der Waals surface area (Å²) in [5, 5.41) is 0. The van der Waals surface area contributed by atoms with Crippen molar-refractivity contribution >= 4 is 16.9 Å². The van der Waals surface area contributed by atoms with E-state index in [1.54, 1.807) is 14.1 Å². The monoisotopic (exact) mass is 219 g/mol. The van der Waals surface area contributed by atoms with Gasteiger partial charge in [0.05, 0.1) is 16.6 Å². The van der Waals surface area contributed by atoms with Crippen molar-refractivity contribution in [2.45, 2.75) is 0 Å². The summed E-state index contributed by atoms with van der Waals surface area (Å²) in [4.78, 5) is 21.0. The normalized spacial score (nSPS) is 10.4. The second-order valence-electron chi connectivity index (χ2n) is 3.58. The van der Waals surface area contributed by atoms with Crippen molar-refractivity contribution < 1.29 is 9.18 Å². The summed E-state index contributed by atoms with van der Waals surface area (Å²) in [5.74, 6) is -0.961. The molecule has 0 radical (unpaired) electrons. The maximum atomic E-state index is 13.6. The molecule has 16 heavy (non-hydrogen) atoms. The number of benzene rings is 1. The smallest absolute Gasteiger partial charge is 0.256 e. The van der Waals surface area contributed by atoms with Crippen LogP contribution in [0.2, 0.25) is 0 Å². The molecule has 1 heterocycles. The van der Waals surface area contributed by atoms with Crippen LogP contribution in [-0.2, 0) is 0 Å². The molecule has 0 saturated heterocycles. The highest BCUT2D eigenvalue weighted by Gasteiger charge is 2.15. The Morgan fingerprint density at radius 3 is 2.31 bits per heavy atom. The molecule has 0 aliphatic carbocycles. The molecule has 0 unspecified atom stereocenters. The maximum absolute atomic E-state index is 13.6. The Morgan fingerprint density at radius 1 is 1.19 bits per heavy atom. The minimum atomic E-state index is -0.577. The Bertz CT molecular complexity index is 554. The first-order valence-electron chi connectivity index (χ1n) is 4.71. The molecule has 1 aromatic heterocycles. The van der Waals surface area contributed by atoms with Gasteiger partial charge in [0.2, 0.25) is 0 Å². The predicted molar refractivity (Wildman–Crippen MR) is 57.5 cm³/mol. The van der Waals surface area contributed by atoms with Crippen LogP contribution in [0.4, 0.5) is 4.39 Å². The van der Waals surface area contributed by atoms with Crippen molar-refractivity contribution in [3.05, 3.63) is 35.9 Å². The number of halogens is 1. The van der Waals surface area contributed by atoms with Crippen LogP contribution in [0.25, 0.3) is 11.0 Å². The topological polar surface area (TPSA) is 46.1 Å². The van der Waals surface area contributed by atoms with E-state index in [2.05, 4.69) is 9.97 Å². The standard InChI is InChI=1S/C11H10FN3O/c1-15(2)11(16)7-5-9-10(6-8(7)12)14-4-3-13-9/h3-6H,1-2H3. The van der Waals surface area contributed by atoms with Gasteiger partial charge in [0.25, 0.3) is 5.91 Å². The van der Waals surface area contributed by atoms with Gasteiger partial charge in [0, 0.05) is 32.6 Å². The summed E-state index contributed by atoms with van der Waals surface area (Å²) >= 11 is 0. The highest BCUT2D eigenvalue weighted by molar-refractivity contribution is 5.97. The molecule has 0 atom stereocenters. The van der Waals surface area contributed by atoms with Crippen LogP contribution in [-0.4, -0.2) is 34.9 Å². The van der Waals surface area contributed by atoms with Gasteiger partial charge in [-0.25, -0.2) is 4.39 Å². The van der Waals surface area contributed by atoms with Gasteiger partial charge in [-0.3, -0.25) is 14.8 Å². The molecule has 2 rings (SSSR count). The lowest BCUT2D eigenvalue weighted by atomic mass is 10.1. The van der Waals surface area contributed by atoms with Crippen LogP contribution < -0.4 is 0 Å². The number of aromatic nitrogens is 2. The van der Waals surface area contributed by atoms with Crippen LogP contribution in [0, 0.1) is 5.82 Å². The lowest BCUT2D eigenvalue weighted by Gasteiger charge is -2.11. The molecule has 0 aliphatic rings. The number of rotatable bonds is 1. The molecule has 0 saturated carbocycles. The summed E-state index contributed by atoms with van der Waals surface area (Å²) in [5.41, 5.74) is 0.961. The van der Waals surface area contributed by atoms with Crippen molar-refractivity contribution in [3.63, 3.8) is 0 Å². The Morgan fingerprint density at radius 2 is 1.75 bits per heavy atom. The summed E-state index contributed by atoms with van der Waals surface area (Å²) < 4.78 is 13.6. The third-order valence-electron chi connectivity index (χ3n) is 2.19. The van der Waals surface area contributed by atoms with Gasteiger partial charge in [-0.05, 0) is 6.07 Å². The largest absolute Gasteiger partial charge is 0.345 e. The third-order valence-corrected chi connectivity index (χ3v) is 2.19. The second kappa shape index (κ2) is 3.84. The molecule has 2 aromatic rings. The predicted octanol–water partition coefficient (Wildman–Crippen LogP) is 1.47. The highest BCUT2D eigenvalue weighted by atomic mass is 19.1. The van der Waals surface area contributed by atoms with Gasteiger partial charge < -0.3 is 4.90 Å². The number of hydrogen-bond donors (Lipinski definition) is 0. The van der Waals surface area contributed by atoms with Crippen LogP contribution in [0.5, 0.6) is 0 Å². The van der Waals surface area contributed by atoms with E-state index in [1.165, 1.54) is 29.4 Å². The Kier molecular flexibility index (Phi) is 2.52. The zero-order chi connectivity index (χ0) is 11.7. The van der Waals surface area contributed by atoms with Crippen LogP contribution >= 0.6 is 0 Å². The van der Waals surface area contributed by atoms with Gasteiger partial charge in [0.1, 0.15) is 5.82 Å². The fourth-order valence-corrected chi connectivity index (χ4v) is 1.39. The van der Waals surface area contributed by atoms with Gasteiger partial charge in [-0.2, -0.15) is 0 Å². The molecule has 5 heteroatoms. The second-order valence-corrected chi connectivity index (χ2v) is 3.58. The Balaban J connectivity index is 2.63. The summed E-state index contributed by atoms with van der Waals surface area (Å²) in [7, 11) is 3.14. The van der Waals surface area contributed by atoms with E-state index in [0.717, 1.165) is 0 Å². The van der Waals surface area contributed by atoms with Crippen LogP contribution in [0.15, 0.2) is 24.5 Å². The average molecular weight is 219 g/mol. The van der Waals surface area contributed by atoms with E-state index in [-0.39, 0.29) is 11.5 Å². The fraction of sp³-hybridized carbons (Fsp3) is 0.182. The maximum Gasteiger partial charge on any atom is 0.256 e. The molecule has 1 aromatic carbocycles. The molecule has 1 amide bonds. The summed E-state index contributed by atoms with van der Waals surface area (Å²) in [6, 6.07) is 2.64. The van der Waals surface area contributed by atoms with Crippen molar-refractivity contribution in [2.24, 2.45) is 0 Å². The number of fused-ring (bicyclic) bond motifs is 1. The number of amides is 1. The number of carbonyl (C=O) groups excluding carboxylic acids is 1. The van der Waals surface area contributed by atoms with Crippen molar-refractivity contribution in [1.29, 1.82) is 0 Å². The minimum Gasteiger partial charge on any atom is -0.345 e. The van der Waals surface area contributed by atoms with Crippen LogP contribution in [0.1, 0.15) is 10.4 Å². The lowest BCUT2D eigenvalue weighted by molar-refractivity contribution is 0.0823. The number of nitrogens with zero attached hydrogens (tertiary/aromatic N) is 3. The average Bonchev–Trinajstić information content (AvgIpc) is 2.27. The van der Waals surface area contributed by atoms with E-state index >= 15 is 0 Å². The minimum absolute atomic E-state index is 0.0120. The van der Waals surface area contributed by atoms with E-state index < -0.39 is 5.82 Å². The van der Waals surface area contributed by atoms with E-state index in [4.69, 9.17) is 0 Å². The van der Waals surface area contributed by atoms with E-state index in [9.17, 15) is 9.18 Å². The highest BCUT2D eigenvalue weighted by Crippen LogP contribution is 2.16. The molecule has 0 spiro atoms. The van der Waals surface area contributed by atoms with Gasteiger partial charge >= 0.3 is 0 Å². The molecule has 0 N–H and O–H groups in total. The first-order valence-corrected chi connectivity index (χ1v) is 4.71. The first kappa shape index (κ1) is 10.5. The Labute approximate surface area is 91.7 Å². The van der Waals surface area contributed by atoms with Crippen molar-refractivity contribution in [1.82, 2.24) is 14.9 Å². The summed E-state index contributed by atoms with van der Waals surface area (Å²) in [6.07, 6.45) is 2.99. The zero-order valence-corrected chi connectivity index (χ0v) is 8.94. The van der Waals surface area contributed by atoms with Gasteiger partial charge in [-0.15, -0.1) is 0 Å². The molecule has 0 bridgehead atoms. The number of hydrogen-bond acceptors (Lipinski definition) is 3. The molecular formula is C11H10FN3O. The molecule has 0 fully saturated rings. The molecule has 0 aliphatic heterocycles. The quantitative estimate of drug-likeness (QED) is 0.729. The lowest BCUT2D eigenvalue weighted by Crippen LogP contribution is -2.22. The summed E-state index contributed by atoms with van der Waals surface area (Å²) in [6.45, 7) is 0. The molecule has 82 valence electrons. The van der Waals surface area contributed by atoms with Gasteiger partial charge in [0.15, 0.2) is 0 Å². The van der Waals surface area contributed by atoms with Crippen molar-refractivity contribution in [3.8, 4) is 0 Å². The SMILES string of the molecule is CN(C)C(=O)c1cc2nccnc2cc1F. The Hall–Kier alpha value is -2.04. The molecular weight excluding hydrogens is 209 g/mol. The van der Waals surface area contributed by atoms with E-state index in [1.807, 2.05) is 0 Å². The number of carbonyl (C=O) groups is 1. The first-order chi connectivity index (χ1) is 7.59. The molecule has 4 nitrogen and oxygen atoms in total. The van der Waals surface area contributed by atoms with Crippen LogP contribution in [0.3, 0.4) is 0 Å². The third kappa shape index (κ3) is 1.71. The fourth-order valence-electron chi connectivity index (χ4n) is 1.39. The van der Waals surface area contributed by atoms with E-state index in [0.29, 0.717) is 11.0 Å². The van der Waals surface area contributed by atoms with Crippen molar-refractivity contribution in [2.75, 3.05) is 14.1 Å². The van der Waals surface area contributed by atoms with Gasteiger partial charge in [-0.1, -0.05) is 0 Å². The zero-order valence-electron chi connectivity index (χ0n) is 8.94.